The topological polar surface area (TPSA) is 73.8 Å². The third-order valence-corrected chi connectivity index (χ3v) is 7.99. The number of amides is 1. The minimum atomic E-state index is -0.368. The normalized spacial score (nSPS) is 20.1. The first-order valence-corrected chi connectivity index (χ1v) is 13.0. The minimum absolute atomic E-state index is 0.107. The Morgan fingerprint density at radius 2 is 1.94 bits per heavy atom. The molecule has 5 rings (SSSR count). The molecule has 3 heterocycles. The van der Waals surface area contributed by atoms with E-state index in [0.717, 1.165) is 46.4 Å². The minimum Gasteiger partial charge on any atom is -0.318 e. The van der Waals surface area contributed by atoms with E-state index in [0.29, 0.717) is 5.17 Å². The number of rotatable bonds is 5. The molecule has 1 saturated carbocycles. The van der Waals surface area contributed by atoms with E-state index in [-0.39, 0.29) is 17.3 Å². The highest BCUT2D eigenvalue weighted by atomic mass is 32.2. The fourth-order valence-electron chi connectivity index (χ4n) is 5.19. The first-order chi connectivity index (χ1) is 16.4. The van der Waals surface area contributed by atoms with Crippen molar-refractivity contribution >= 4 is 39.8 Å². The third kappa shape index (κ3) is 4.41. The lowest BCUT2D eigenvalue weighted by Crippen LogP contribution is -2.35. The zero-order chi connectivity index (χ0) is 23.8. The highest BCUT2D eigenvalue weighted by molar-refractivity contribution is 8.26. The Hall–Kier alpha value is -2.93. The van der Waals surface area contributed by atoms with Gasteiger partial charge in [-0.2, -0.15) is 15.1 Å². The predicted octanol–water partition coefficient (Wildman–Crippen LogP) is 6.38. The monoisotopic (exact) mass is 473 g/mol. The van der Waals surface area contributed by atoms with Crippen molar-refractivity contribution in [2.75, 3.05) is 0 Å². The zero-order valence-corrected chi connectivity index (χ0v) is 20.9. The Kier molecular flexibility index (Phi) is 6.30. The molecule has 1 aromatic carbocycles. The molecule has 0 bridgehead atoms. The van der Waals surface area contributed by atoms with Crippen molar-refractivity contribution < 1.29 is 4.79 Å². The zero-order valence-electron chi connectivity index (χ0n) is 20.1. The Balaban J connectivity index is 1.38. The van der Waals surface area contributed by atoms with E-state index >= 15 is 0 Å². The standard InChI is InChI=1S/C27H31N5OS/c1-17-8-7-11-22(14-17)31-18(2)15-21(19(31)3)16-23-25(28)32-27(29-26(23)33)34-24(30-32)13-12-20-9-5-4-6-10-20/h7-8,11,14-16,20,28H,4-6,9-10,12-13H2,1-3H3. The van der Waals surface area contributed by atoms with Crippen LogP contribution in [0.2, 0.25) is 0 Å². The number of carbonyl (C=O) groups is 1. The smallest absolute Gasteiger partial charge is 0.283 e. The molecule has 176 valence electrons. The number of hydrogen-bond acceptors (Lipinski definition) is 4. The molecule has 1 amide bonds. The molecule has 1 fully saturated rings. The maximum atomic E-state index is 12.9. The molecule has 1 aliphatic carbocycles. The van der Waals surface area contributed by atoms with E-state index in [2.05, 4.69) is 52.8 Å². The summed E-state index contributed by atoms with van der Waals surface area (Å²) in [5.41, 5.74) is 5.59. The molecule has 0 spiro atoms. The predicted molar refractivity (Wildman–Crippen MR) is 141 cm³/mol. The van der Waals surface area contributed by atoms with Crippen LogP contribution in [0.5, 0.6) is 0 Å². The second-order valence-corrected chi connectivity index (χ2v) is 10.6. The van der Waals surface area contributed by atoms with Crippen LogP contribution < -0.4 is 0 Å². The average Bonchev–Trinajstić information content (AvgIpc) is 3.35. The summed E-state index contributed by atoms with van der Waals surface area (Å²) in [5, 5.41) is 16.4. The first kappa shape index (κ1) is 22.8. The quantitative estimate of drug-likeness (QED) is 0.512. The lowest BCUT2D eigenvalue weighted by Gasteiger charge is -2.20. The van der Waals surface area contributed by atoms with Gasteiger partial charge < -0.3 is 4.57 Å². The van der Waals surface area contributed by atoms with Crippen molar-refractivity contribution in [3.8, 4) is 5.69 Å². The number of nitrogens with one attached hydrogen (secondary N) is 1. The summed E-state index contributed by atoms with van der Waals surface area (Å²) < 4.78 is 2.18. The fraction of sp³-hybridized carbons (Fsp3) is 0.407. The van der Waals surface area contributed by atoms with Crippen LogP contribution in [0, 0.1) is 32.1 Å². The Morgan fingerprint density at radius 1 is 1.15 bits per heavy atom. The molecule has 0 radical (unpaired) electrons. The third-order valence-electron chi connectivity index (χ3n) is 7.02. The van der Waals surface area contributed by atoms with Crippen LogP contribution in [0.4, 0.5) is 0 Å². The van der Waals surface area contributed by atoms with Crippen LogP contribution in [-0.2, 0) is 4.79 Å². The molecular formula is C27H31N5OS. The SMILES string of the molecule is Cc1cccc(-n2c(C)cc(C=C3C(=N)N4N=C(CCC5CCCCC5)SC4=NC3=O)c2C)c1. The van der Waals surface area contributed by atoms with Crippen molar-refractivity contribution in [2.24, 2.45) is 16.0 Å². The van der Waals surface area contributed by atoms with Gasteiger partial charge in [0.25, 0.3) is 5.91 Å². The second-order valence-electron chi connectivity index (χ2n) is 9.56. The second kappa shape index (κ2) is 9.37. The maximum Gasteiger partial charge on any atom is 0.283 e. The van der Waals surface area contributed by atoms with Crippen LogP contribution >= 0.6 is 11.8 Å². The van der Waals surface area contributed by atoms with Crippen molar-refractivity contribution in [1.29, 1.82) is 5.41 Å². The molecule has 34 heavy (non-hydrogen) atoms. The molecule has 2 aromatic rings. The van der Waals surface area contributed by atoms with E-state index in [1.54, 1.807) is 6.08 Å². The number of nitrogens with zero attached hydrogens (tertiary/aromatic N) is 4. The lowest BCUT2D eigenvalue weighted by atomic mass is 9.86. The van der Waals surface area contributed by atoms with Gasteiger partial charge in [0.05, 0.1) is 5.57 Å². The van der Waals surface area contributed by atoms with Gasteiger partial charge in [-0.05, 0) is 86.7 Å². The molecule has 0 atom stereocenters. The summed E-state index contributed by atoms with van der Waals surface area (Å²) in [6, 6.07) is 10.4. The molecule has 3 aliphatic rings. The van der Waals surface area contributed by atoms with Crippen molar-refractivity contribution in [1.82, 2.24) is 9.58 Å². The summed E-state index contributed by atoms with van der Waals surface area (Å²) in [4.78, 5) is 17.2. The number of amidine groups is 2. The average molecular weight is 474 g/mol. The van der Waals surface area contributed by atoms with Crippen molar-refractivity contribution in [3.05, 3.63) is 58.4 Å². The van der Waals surface area contributed by atoms with Gasteiger partial charge in [0.2, 0.25) is 5.17 Å². The largest absolute Gasteiger partial charge is 0.318 e. The summed E-state index contributed by atoms with van der Waals surface area (Å²) in [7, 11) is 0. The van der Waals surface area contributed by atoms with Gasteiger partial charge in [-0.1, -0.05) is 44.2 Å². The summed E-state index contributed by atoms with van der Waals surface area (Å²) in [6.07, 6.45) is 10.5. The molecule has 2 aliphatic heterocycles. The fourth-order valence-corrected chi connectivity index (χ4v) is 6.09. The van der Waals surface area contributed by atoms with E-state index in [9.17, 15) is 4.79 Å². The van der Waals surface area contributed by atoms with Gasteiger partial charge in [-0.15, -0.1) is 0 Å². The van der Waals surface area contributed by atoms with Gasteiger partial charge in [0.15, 0.2) is 5.84 Å². The molecule has 7 heteroatoms. The number of hydrogen-bond donors (Lipinski definition) is 1. The number of aliphatic imine (C=N–C) groups is 1. The molecule has 1 N–H and O–H groups in total. The number of thioether (sulfide) groups is 1. The van der Waals surface area contributed by atoms with Crippen LogP contribution in [0.15, 0.2) is 46.0 Å². The number of benzene rings is 1. The summed E-state index contributed by atoms with van der Waals surface area (Å²) in [5.74, 6) is 0.514. The van der Waals surface area contributed by atoms with Crippen LogP contribution in [0.1, 0.15) is 67.5 Å². The molecule has 1 aromatic heterocycles. The van der Waals surface area contributed by atoms with Gasteiger partial charge >= 0.3 is 0 Å². The number of carbonyl (C=O) groups excluding carboxylic acids is 1. The van der Waals surface area contributed by atoms with E-state index in [4.69, 9.17) is 5.41 Å². The van der Waals surface area contributed by atoms with Crippen LogP contribution in [0.3, 0.4) is 0 Å². The van der Waals surface area contributed by atoms with Crippen molar-refractivity contribution in [3.63, 3.8) is 0 Å². The van der Waals surface area contributed by atoms with Gasteiger partial charge in [-0.25, -0.2) is 0 Å². The number of aryl methyl sites for hydroxylation is 2. The van der Waals surface area contributed by atoms with Gasteiger partial charge in [-0.3, -0.25) is 10.2 Å². The van der Waals surface area contributed by atoms with E-state index in [1.807, 2.05) is 13.0 Å². The Morgan fingerprint density at radius 3 is 2.71 bits per heavy atom. The Labute approximate surface area is 205 Å². The Bertz CT molecular complexity index is 1250. The van der Waals surface area contributed by atoms with E-state index < -0.39 is 0 Å². The highest BCUT2D eigenvalue weighted by Crippen LogP contribution is 2.33. The summed E-state index contributed by atoms with van der Waals surface area (Å²) >= 11 is 1.44. The highest BCUT2D eigenvalue weighted by Gasteiger charge is 2.35. The van der Waals surface area contributed by atoms with Crippen molar-refractivity contribution in [2.45, 2.75) is 65.7 Å². The molecule has 0 unspecified atom stereocenters. The van der Waals surface area contributed by atoms with Crippen LogP contribution in [-0.4, -0.2) is 31.5 Å². The van der Waals surface area contributed by atoms with Crippen LogP contribution in [0.25, 0.3) is 11.8 Å². The maximum absolute atomic E-state index is 12.9. The van der Waals surface area contributed by atoms with Gasteiger partial charge in [0.1, 0.15) is 5.04 Å². The molecule has 6 nitrogen and oxygen atoms in total. The number of aromatic nitrogens is 1. The lowest BCUT2D eigenvalue weighted by molar-refractivity contribution is -0.114. The molecular weight excluding hydrogens is 442 g/mol. The van der Waals surface area contributed by atoms with Gasteiger partial charge in [0, 0.05) is 17.1 Å². The number of fused-ring (bicyclic) bond motifs is 1. The number of hydrazone groups is 1. The first-order valence-electron chi connectivity index (χ1n) is 12.2. The molecule has 0 saturated heterocycles. The summed E-state index contributed by atoms with van der Waals surface area (Å²) in [6.45, 7) is 6.18. The van der Waals surface area contributed by atoms with E-state index in [1.165, 1.54) is 54.4 Å².